The van der Waals surface area contributed by atoms with Crippen LogP contribution in [0.4, 0.5) is 0 Å². The largest absolute Gasteiger partial charge is 0.506 e. The van der Waals surface area contributed by atoms with Crippen molar-refractivity contribution in [2.24, 2.45) is 5.92 Å². The molecule has 0 amide bonds. The highest BCUT2D eigenvalue weighted by Gasteiger charge is 2.35. The molecule has 0 spiro atoms. The fourth-order valence-electron chi connectivity index (χ4n) is 2.76. The molecule has 0 fully saturated rings. The lowest BCUT2D eigenvalue weighted by Crippen LogP contribution is -2.26. The summed E-state index contributed by atoms with van der Waals surface area (Å²) in [4.78, 5) is 0. The Labute approximate surface area is 133 Å². The van der Waals surface area contributed by atoms with Gasteiger partial charge in [-0.25, -0.2) is 0 Å². The van der Waals surface area contributed by atoms with E-state index in [1.54, 1.807) is 18.2 Å². The number of phenols is 1. The number of aliphatic hydroxyl groups excluding tert-OH is 2. The third-order valence-corrected chi connectivity index (χ3v) is 3.94. The maximum absolute atomic E-state index is 9.89. The Kier molecular flexibility index (Phi) is 3.92. The molecule has 6 heteroatoms. The first kappa shape index (κ1) is 15.3. The highest BCUT2D eigenvalue weighted by atomic mass is 16.5. The minimum absolute atomic E-state index is 0.0249. The van der Waals surface area contributed by atoms with E-state index in [1.165, 1.54) is 20.3 Å². The number of aliphatic hydroxyl groups is 2. The zero-order valence-corrected chi connectivity index (χ0v) is 12.8. The highest BCUT2D eigenvalue weighted by molar-refractivity contribution is 5.44. The third-order valence-electron chi connectivity index (χ3n) is 3.94. The van der Waals surface area contributed by atoms with E-state index in [0.717, 1.165) is 5.56 Å². The molecule has 1 heterocycles. The van der Waals surface area contributed by atoms with Crippen molar-refractivity contribution in [2.45, 2.75) is 12.2 Å². The molecule has 23 heavy (non-hydrogen) atoms. The number of benzene rings is 1. The predicted octanol–water partition coefficient (Wildman–Crippen LogP) is 2.32. The topological polar surface area (TPSA) is 88.4 Å². The lowest BCUT2D eigenvalue weighted by molar-refractivity contribution is 0.0836. The van der Waals surface area contributed by atoms with Crippen molar-refractivity contribution in [3.8, 4) is 11.5 Å². The minimum atomic E-state index is -1.16. The van der Waals surface area contributed by atoms with Crippen molar-refractivity contribution in [1.29, 1.82) is 0 Å². The van der Waals surface area contributed by atoms with Crippen LogP contribution in [0.5, 0.6) is 11.5 Å². The Balaban J connectivity index is 1.91. The average molecular weight is 318 g/mol. The lowest BCUT2D eigenvalue weighted by atomic mass is 9.91. The minimum Gasteiger partial charge on any atom is -0.506 e. The van der Waals surface area contributed by atoms with E-state index < -0.39 is 12.2 Å². The molecule has 1 aliphatic carbocycles. The van der Waals surface area contributed by atoms with Gasteiger partial charge in [-0.3, -0.25) is 0 Å². The van der Waals surface area contributed by atoms with Crippen LogP contribution in [-0.4, -0.2) is 35.6 Å². The van der Waals surface area contributed by atoms with Crippen LogP contribution < -0.4 is 4.74 Å². The van der Waals surface area contributed by atoms with Crippen molar-refractivity contribution in [1.82, 2.24) is 0 Å². The van der Waals surface area contributed by atoms with Crippen molar-refractivity contribution >= 4 is 0 Å². The molecule has 0 aromatic heterocycles. The number of aromatic hydroxyl groups is 1. The van der Waals surface area contributed by atoms with Crippen molar-refractivity contribution in [3.05, 3.63) is 59.3 Å². The van der Waals surface area contributed by atoms with Crippen LogP contribution >= 0.6 is 0 Å². The summed E-state index contributed by atoms with van der Waals surface area (Å²) in [5.74, 6) is 0.587. The van der Waals surface area contributed by atoms with Crippen molar-refractivity contribution < 1.29 is 29.5 Å². The molecule has 1 unspecified atom stereocenters. The smallest absolute Gasteiger partial charge is 0.164 e. The van der Waals surface area contributed by atoms with Crippen LogP contribution in [0.2, 0.25) is 0 Å². The van der Waals surface area contributed by atoms with Gasteiger partial charge in [0.05, 0.1) is 20.1 Å². The van der Waals surface area contributed by atoms with Gasteiger partial charge in [0, 0.05) is 5.56 Å². The average Bonchev–Trinajstić information content (AvgIpc) is 2.55. The predicted molar refractivity (Wildman–Crippen MR) is 81.9 cm³/mol. The van der Waals surface area contributed by atoms with Gasteiger partial charge < -0.3 is 29.5 Å². The highest BCUT2D eigenvalue weighted by Crippen LogP contribution is 2.40. The Morgan fingerprint density at radius 2 is 1.87 bits per heavy atom. The van der Waals surface area contributed by atoms with E-state index in [1.807, 2.05) is 12.2 Å². The second-order valence-electron chi connectivity index (χ2n) is 5.30. The fourth-order valence-corrected chi connectivity index (χ4v) is 2.76. The van der Waals surface area contributed by atoms with Crippen LogP contribution in [-0.2, 0) is 9.47 Å². The SMILES string of the molecule is COC1=C(O)[C@@H](O)C=C2OC(c3ccc(OC)c(O)c3)C=C[C@@H]21. The first-order valence-electron chi connectivity index (χ1n) is 7.13. The van der Waals surface area contributed by atoms with Crippen LogP contribution in [0.3, 0.4) is 0 Å². The molecule has 2 aliphatic rings. The van der Waals surface area contributed by atoms with E-state index in [2.05, 4.69) is 0 Å². The third kappa shape index (κ3) is 2.61. The van der Waals surface area contributed by atoms with Gasteiger partial charge in [0.1, 0.15) is 18.0 Å². The summed E-state index contributed by atoms with van der Waals surface area (Å²) in [6, 6.07) is 5.02. The standard InChI is InChI=1S/C17H18O6/c1-21-14-5-3-9(7-11(14)18)13-6-4-10-15(23-13)8-12(19)16(20)17(10)22-2/h3-8,10,12-13,18-20H,1-2H3/t10-,12-,13?/m0/s1. The van der Waals surface area contributed by atoms with Gasteiger partial charge in [-0.15, -0.1) is 0 Å². The van der Waals surface area contributed by atoms with Gasteiger partial charge in [0.15, 0.2) is 23.0 Å². The number of rotatable bonds is 3. The summed E-state index contributed by atoms with van der Waals surface area (Å²) in [5, 5.41) is 29.6. The van der Waals surface area contributed by atoms with Gasteiger partial charge in [-0.05, 0) is 24.3 Å². The van der Waals surface area contributed by atoms with Crippen LogP contribution in [0, 0.1) is 5.92 Å². The maximum Gasteiger partial charge on any atom is 0.164 e. The summed E-state index contributed by atoms with van der Waals surface area (Å²) in [6.07, 6.45) is 3.52. The molecule has 0 radical (unpaired) electrons. The lowest BCUT2D eigenvalue weighted by Gasteiger charge is -2.32. The number of methoxy groups -OCH3 is 2. The molecule has 3 N–H and O–H groups in total. The molecule has 0 saturated heterocycles. The molecular weight excluding hydrogens is 300 g/mol. The van der Waals surface area contributed by atoms with Gasteiger partial charge in [0.25, 0.3) is 0 Å². The molecule has 1 aromatic carbocycles. The number of phenolic OH excluding ortho intramolecular Hbond substituents is 1. The first-order chi connectivity index (χ1) is 11.0. The summed E-state index contributed by atoms with van der Waals surface area (Å²) < 4.78 is 16.1. The maximum atomic E-state index is 9.89. The Bertz CT molecular complexity index is 703. The molecule has 3 rings (SSSR count). The first-order valence-corrected chi connectivity index (χ1v) is 7.13. The van der Waals surface area contributed by atoms with E-state index in [-0.39, 0.29) is 23.2 Å². The van der Waals surface area contributed by atoms with Gasteiger partial charge in [0.2, 0.25) is 0 Å². The second kappa shape index (κ2) is 5.89. The van der Waals surface area contributed by atoms with Crippen molar-refractivity contribution in [2.75, 3.05) is 14.2 Å². The van der Waals surface area contributed by atoms with E-state index in [9.17, 15) is 15.3 Å². The zero-order valence-electron chi connectivity index (χ0n) is 12.8. The molecule has 6 nitrogen and oxygen atoms in total. The number of hydrogen-bond acceptors (Lipinski definition) is 6. The zero-order chi connectivity index (χ0) is 16.6. The van der Waals surface area contributed by atoms with Gasteiger partial charge in [-0.1, -0.05) is 12.1 Å². The fraction of sp³-hybridized carbons (Fsp3) is 0.294. The molecule has 0 bridgehead atoms. The normalized spacial score (nSPS) is 26.2. The number of fused-ring (bicyclic) bond motifs is 1. The molecule has 0 saturated carbocycles. The number of ether oxygens (including phenoxy) is 3. The molecule has 1 aromatic rings. The second-order valence-corrected chi connectivity index (χ2v) is 5.30. The summed E-state index contributed by atoms with van der Waals surface area (Å²) >= 11 is 0. The van der Waals surface area contributed by atoms with E-state index >= 15 is 0 Å². The Morgan fingerprint density at radius 1 is 1.09 bits per heavy atom. The van der Waals surface area contributed by atoms with Gasteiger partial charge in [-0.2, -0.15) is 0 Å². The monoisotopic (exact) mass is 318 g/mol. The van der Waals surface area contributed by atoms with Crippen LogP contribution in [0.15, 0.2) is 53.7 Å². The summed E-state index contributed by atoms with van der Waals surface area (Å²) in [6.45, 7) is 0. The Hall–Kier alpha value is -2.60. The van der Waals surface area contributed by atoms with Crippen LogP contribution in [0.1, 0.15) is 11.7 Å². The van der Waals surface area contributed by atoms with Crippen molar-refractivity contribution in [3.63, 3.8) is 0 Å². The summed E-state index contributed by atoms with van der Waals surface area (Å²) in [7, 11) is 2.91. The van der Waals surface area contributed by atoms with Crippen LogP contribution in [0.25, 0.3) is 0 Å². The number of hydrogen-bond donors (Lipinski definition) is 3. The quantitative estimate of drug-likeness (QED) is 0.741. The van der Waals surface area contributed by atoms with E-state index in [0.29, 0.717) is 11.5 Å². The molecule has 1 aliphatic heterocycles. The molecule has 3 atom stereocenters. The molecular formula is C17H18O6. The Morgan fingerprint density at radius 3 is 2.52 bits per heavy atom. The molecule has 122 valence electrons. The van der Waals surface area contributed by atoms with Gasteiger partial charge >= 0.3 is 0 Å². The summed E-state index contributed by atoms with van der Waals surface area (Å²) in [5.41, 5.74) is 0.742. The van der Waals surface area contributed by atoms with E-state index in [4.69, 9.17) is 14.2 Å².